The number of carbonyl (C=O) groups is 3. The summed E-state index contributed by atoms with van der Waals surface area (Å²) in [5.41, 5.74) is 2.94. The Hall–Kier alpha value is -1.96. The normalized spacial score (nSPS) is 39.9. The van der Waals surface area contributed by atoms with Crippen molar-refractivity contribution in [2.24, 2.45) is 29.6 Å². The number of nitrogens with one attached hydrogen (secondary N) is 2. The van der Waals surface area contributed by atoms with Crippen molar-refractivity contribution in [2.45, 2.75) is 133 Å². The average Bonchev–Trinajstić information content (AvgIpc) is 3.64. The van der Waals surface area contributed by atoms with Crippen LogP contribution in [-0.2, 0) is 28.7 Å². The number of hydroxylamine groups is 1. The van der Waals surface area contributed by atoms with Crippen molar-refractivity contribution >= 4 is 17.5 Å². The van der Waals surface area contributed by atoms with Gasteiger partial charge in [0.1, 0.15) is 12.0 Å². The molecule has 3 heterocycles. The number of rotatable bonds is 11. The number of halogens is 1. The van der Waals surface area contributed by atoms with E-state index in [1.807, 2.05) is 41.1 Å². The number of nitrogens with zero attached hydrogens (tertiary/aromatic N) is 3. The van der Waals surface area contributed by atoms with E-state index in [1.54, 1.807) is 0 Å². The number of ketones is 2. The van der Waals surface area contributed by atoms with Gasteiger partial charge in [0.2, 0.25) is 0 Å². The molecule has 0 aromatic rings. The lowest BCUT2D eigenvalue weighted by Crippen LogP contribution is -2.73. The highest BCUT2D eigenvalue weighted by Gasteiger charge is 2.63. The molecule has 50 heavy (non-hydrogen) atoms. The summed E-state index contributed by atoms with van der Waals surface area (Å²) < 4.78 is 29.3. The zero-order chi connectivity index (χ0) is 35.3. The SMILES string of the molecule is CN(C)CCCCNC(=O)C1=CN2C3CC4C(CC3OC3C(N5CC[C@H](NOCOC(C)(C)C)C5)C(F)CC(C1=O)C32)C(=O)C1CCCCC14. The highest BCUT2D eigenvalue weighted by Crippen LogP contribution is 2.56. The zero-order valence-electron chi connectivity index (χ0n) is 30.8. The van der Waals surface area contributed by atoms with Crippen LogP contribution in [0.2, 0.25) is 0 Å². The average molecular weight is 702 g/mol. The van der Waals surface area contributed by atoms with Gasteiger partial charge >= 0.3 is 0 Å². The molecular weight excluding hydrogens is 641 g/mol. The summed E-state index contributed by atoms with van der Waals surface area (Å²) in [7, 11) is 4.05. The van der Waals surface area contributed by atoms with Crippen molar-refractivity contribution in [3.63, 3.8) is 0 Å². The number of carbonyl (C=O) groups excluding carboxylic acids is 3. The van der Waals surface area contributed by atoms with Gasteiger partial charge in [-0.05, 0) is 105 Å². The maximum Gasteiger partial charge on any atom is 0.256 e. The Morgan fingerprint density at radius 2 is 1.82 bits per heavy atom. The third-order valence-corrected chi connectivity index (χ3v) is 12.9. The summed E-state index contributed by atoms with van der Waals surface area (Å²) in [6.07, 6.45) is 8.13. The van der Waals surface area contributed by atoms with Gasteiger partial charge in [-0.15, -0.1) is 0 Å². The van der Waals surface area contributed by atoms with Gasteiger partial charge in [0.15, 0.2) is 12.6 Å². The van der Waals surface area contributed by atoms with Crippen molar-refractivity contribution < 1.29 is 33.1 Å². The first kappa shape index (κ1) is 36.4. The molecule has 12 atom stereocenters. The van der Waals surface area contributed by atoms with Crippen molar-refractivity contribution in [1.29, 1.82) is 0 Å². The molecule has 280 valence electrons. The van der Waals surface area contributed by atoms with Crippen molar-refractivity contribution in [3.05, 3.63) is 11.8 Å². The molecule has 2 N–H and O–H groups in total. The fraction of sp³-hybridized carbons (Fsp3) is 0.868. The molecule has 7 aliphatic rings. The molecule has 0 aromatic carbocycles. The van der Waals surface area contributed by atoms with Crippen molar-refractivity contribution in [3.8, 4) is 0 Å². The van der Waals surface area contributed by atoms with Gasteiger partial charge in [-0.2, -0.15) is 5.48 Å². The van der Waals surface area contributed by atoms with Crippen LogP contribution in [0.15, 0.2) is 11.8 Å². The predicted octanol–water partition coefficient (Wildman–Crippen LogP) is 3.23. The minimum absolute atomic E-state index is 0.00624. The quantitative estimate of drug-likeness (QED) is 0.144. The van der Waals surface area contributed by atoms with E-state index < -0.39 is 24.2 Å². The number of morpholine rings is 1. The number of hydrogen-bond donors (Lipinski definition) is 2. The van der Waals surface area contributed by atoms with E-state index in [4.69, 9.17) is 14.3 Å². The minimum Gasteiger partial charge on any atom is -0.369 e. The number of ether oxygens (including phenoxy) is 2. The molecule has 6 fully saturated rings. The molecule has 0 spiro atoms. The van der Waals surface area contributed by atoms with E-state index >= 15 is 4.39 Å². The third-order valence-electron chi connectivity index (χ3n) is 12.9. The van der Waals surface area contributed by atoms with Crippen molar-refractivity contribution in [1.82, 2.24) is 25.5 Å². The topological polar surface area (TPSA) is 113 Å². The van der Waals surface area contributed by atoms with Gasteiger partial charge in [-0.1, -0.05) is 12.8 Å². The first-order valence-electron chi connectivity index (χ1n) is 19.5. The maximum atomic E-state index is 16.6. The lowest BCUT2D eigenvalue weighted by atomic mass is 9.66. The Kier molecular flexibility index (Phi) is 10.8. The molecule has 0 bridgehead atoms. The number of fused-ring (bicyclic) bond motifs is 5. The lowest BCUT2D eigenvalue weighted by Gasteiger charge is -2.61. The predicted molar refractivity (Wildman–Crippen MR) is 185 cm³/mol. The van der Waals surface area contributed by atoms with Crippen LogP contribution < -0.4 is 10.8 Å². The Morgan fingerprint density at radius 1 is 1.02 bits per heavy atom. The van der Waals surface area contributed by atoms with Gasteiger partial charge in [0, 0.05) is 49.6 Å². The maximum absolute atomic E-state index is 16.6. The number of alkyl halides is 1. The van der Waals surface area contributed by atoms with Crippen LogP contribution >= 0.6 is 0 Å². The molecule has 4 saturated carbocycles. The second-order valence-corrected chi connectivity index (χ2v) is 17.5. The molecule has 0 aromatic heterocycles. The second-order valence-electron chi connectivity index (χ2n) is 17.5. The van der Waals surface area contributed by atoms with Gasteiger partial charge in [-0.3, -0.25) is 24.1 Å². The van der Waals surface area contributed by atoms with Crippen LogP contribution in [0.3, 0.4) is 0 Å². The van der Waals surface area contributed by atoms with Crippen LogP contribution in [0.5, 0.6) is 0 Å². The molecule has 0 radical (unpaired) electrons. The molecule has 3 aliphatic heterocycles. The Balaban J connectivity index is 1.12. The van der Waals surface area contributed by atoms with E-state index in [0.29, 0.717) is 43.7 Å². The first-order chi connectivity index (χ1) is 23.9. The summed E-state index contributed by atoms with van der Waals surface area (Å²) in [6, 6.07) is -0.931. The number of amides is 1. The summed E-state index contributed by atoms with van der Waals surface area (Å²) in [6.45, 7) is 8.71. The number of unbranched alkanes of at least 4 members (excludes halogenated alkanes) is 1. The van der Waals surface area contributed by atoms with Crippen LogP contribution in [0.25, 0.3) is 0 Å². The number of Topliss-reactive ketones (excluding diaryl/α,β-unsaturated/α-hetero) is 2. The molecular formula is C38H60FN5O6. The highest BCUT2D eigenvalue weighted by molar-refractivity contribution is 6.20. The van der Waals surface area contributed by atoms with Crippen LogP contribution in [-0.4, -0.2) is 127 Å². The molecule has 11 nitrogen and oxygen atoms in total. The monoisotopic (exact) mass is 701 g/mol. The molecule has 1 amide bonds. The van der Waals surface area contributed by atoms with Crippen LogP contribution in [0.1, 0.15) is 85.0 Å². The first-order valence-corrected chi connectivity index (χ1v) is 19.5. The summed E-state index contributed by atoms with van der Waals surface area (Å²) in [5.74, 6) is -0.0438. The fourth-order valence-electron chi connectivity index (χ4n) is 10.7. The zero-order valence-corrected chi connectivity index (χ0v) is 30.8. The smallest absolute Gasteiger partial charge is 0.256 e. The van der Waals surface area contributed by atoms with Crippen LogP contribution in [0.4, 0.5) is 4.39 Å². The standard InChI is InChI=1S/C38H60FN5O6/c1-38(2,3)48-21-49-41-22-12-15-43(19-22)33-29(39)16-27-32-36(33)50-31-18-26-25(23-10-6-7-11-24(23)34(26)45)17-30(31)44(32)20-28(35(27)46)37(47)40-13-8-9-14-42(4)5/h20,22-27,29-33,36,41H,6-19,21H2,1-5H3,(H,40,47)/t22-,23?,24?,25?,26?,27?,29?,30?,31?,32?,33?,36?/m0/s1. The Bertz CT molecular complexity index is 1310. The van der Waals surface area contributed by atoms with E-state index in [1.165, 1.54) is 6.42 Å². The van der Waals surface area contributed by atoms with Gasteiger partial charge < -0.3 is 24.6 Å². The number of hydrogen-bond acceptors (Lipinski definition) is 10. The molecule has 4 aliphatic carbocycles. The number of likely N-dealkylation sites (tertiary alicyclic amines) is 1. The molecule has 11 unspecified atom stereocenters. The summed E-state index contributed by atoms with van der Waals surface area (Å²) in [4.78, 5) is 53.7. The van der Waals surface area contributed by atoms with E-state index in [-0.39, 0.29) is 72.1 Å². The van der Waals surface area contributed by atoms with Gasteiger partial charge in [0.05, 0.1) is 41.5 Å². The van der Waals surface area contributed by atoms with Crippen LogP contribution in [0, 0.1) is 29.6 Å². The third kappa shape index (κ3) is 7.18. The minimum atomic E-state index is -1.30. The van der Waals surface area contributed by atoms with E-state index in [9.17, 15) is 14.4 Å². The largest absolute Gasteiger partial charge is 0.369 e. The van der Waals surface area contributed by atoms with Gasteiger partial charge in [-0.25, -0.2) is 4.39 Å². The summed E-state index contributed by atoms with van der Waals surface area (Å²) in [5, 5.41) is 3.00. The van der Waals surface area contributed by atoms with E-state index in [2.05, 4.69) is 25.5 Å². The lowest BCUT2D eigenvalue weighted by molar-refractivity contribution is -0.218. The second kappa shape index (κ2) is 14.8. The van der Waals surface area contributed by atoms with Crippen molar-refractivity contribution in [2.75, 3.05) is 47.1 Å². The Morgan fingerprint density at radius 3 is 2.60 bits per heavy atom. The highest BCUT2D eigenvalue weighted by atomic mass is 19.1. The Labute approximate surface area is 297 Å². The molecule has 2 saturated heterocycles. The summed E-state index contributed by atoms with van der Waals surface area (Å²) >= 11 is 0. The van der Waals surface area contributed by atoms with Gasteiger partial charge in [0.25, 0.3) is 5.91 Å². The fourth-order valence-corrected chi connectivity index (χ4v) is 10.7. The molecule has 7 rings (SSSR count). The van der Waals surface area contributed by atoms with E-state index in [0.717, 1.165) is 51.5 Å². The molecule has 12 heteroatoms.